The summed E-state index contributed by atoms with van der Waals surface area (Å²) in [6.45, 7) is 10.7. The molecular formula is C22H37N5O2. The second-order valence-electron chi connectivity index (χ2n) is 8.40. The number of likely N-dealkylation sites (tertiary alicyclic amines) is 1. The van der Waals surface area contributed by atoms with E-state index in [9.17, 15) is 4.79 Å². The van der Waals surface area contributed by atoms with E-state index in [0.717, 1.165) is 37.7 Å². The normalized spacial score (nSPS) is 15.7. The van der Waals surface area contributed by atoms with Crippen LogP contribution in [0.15, 0.2) is 29.3 Å². The first-order valence-corrected chi connectivity index (χ1v) is 10.6. The van der Waals surface area contributed by atoms with Crippen LogP contribution in [0.2, 0.25) is 0 Å². The number of hydrogen-bond donors (Lipinski definition) is 3. The summed E-state index contributed by atoms with van der Waals surface area (Å²) in [7, 11) is 1.80. The van der Waals surface area contributed by atoms with Crippen LogP contribution < -0.4 is 16.0 Å². The van der Waals surface area contributed by atoms with Gasteiger partial charge in [-0.1, -0.05) is 18.6 Å². The van der Waals surface area contributed by atoms with Crippen LogP contribution in [0.4, 0.5) is 10.5 Å². The van der Waals surface area contributed by atoms with Gasteiger partial charge in [-0.25, -0.2) is 4.79 Å². The van der Waals surface area contributed by atoms with E-state index >= 15 is 0 Å². The van der Waals surface area contributed by atoms with Gasteiger partial charge in [0.05, 0.1) is 0 Å². The molecule has 1 aromatic carbocycles. The smallest absolute Gasteiger partial charge is 0.412 e. The second kappa shape index (κ2) is 11.7. The summed E-state index contributed by atoms with van der Waals surface area (Å²) >= 11 is 0. The molecule has 2 rings (SSSR count). The van der Waals surface area contributed by atoms with Gasteiger partial charge in [0.15, 0.2) is 5.96 Å². The number of carbonyl (C=O) groups is 1. The fourth-order valence-electron chi connectivity index (χ4n) is 3.24. The number of guanidine groups is 1. The molecule has 0 radical (unpaired) electrons. The third-order valence-electron chi connectivity index (χ3n) is 4.70. The van der Waals surface area contributed by atoms with Crippen molar-refractivity contribution in [3.63, 3.8) is 0 Å². The van der Waals surface area contributed by atoms with E-state index < -0.39 is 11.7 Å². The molecule has 0 spiro atoms. The van der Waals surface area contributed by atoms with Crippen LogP contribution in [0.1, 0.15) is 45.6 Å². The molecule has 7 nitrogen and oxygen atoms in total. The lowest BCUT2D eigenvalue weighted by molar-refractivity contribution is 0.0636. The third kappa shape index (κ3) is 9.65. The first kappa shape index (κ1) is 23.0. The summed E-state index contributed by atoms with van der Waals surface area (Å²) in [5.41, 5.74) is 1.41. The lowest BCUT2D eigenvalue weighted by Gasteiger charge is -2.26. The molecule has 0 saturated carbocycles. The predicted molar refractivity (Wildman–Crippen MR) is 120 cm³/mol. The summed E-state index contributed by atoms with van der Waals surface area (Å²) in [6, 6.07) is 7.82. The Hall–Kier alpha value is -2.28. The van der Waals surface area contributed by atoms with Gasteiger partial charge in [-0.05, 0) is 70.8 Å². The topological polar surface area (TPSA) is 78.0 Å². The van der Waals surface area contributed by atoms with Crippen LogP contribution in [0, 0.1) is 0 Å². The van der Waals surface area contributed by atoms with Crippen molar-refractivity contribution in [2.45, 2.75) is 52.1 Å². The fraction of sp³-hybridized carbons (Fsp3) is 0.636. The molecule has 3 N–H and O–H groups in total. The summed E-state index contributed by atoms with van der Waals surface area (Å²) in [6.07, 6.45) is 4.44. The maximum absolute atomic E-state index is 11.8. The van der Waals surface area contributed by atoms with Gasteiger partial charge >= 0.3 is 6.09 Å². The minimum atomic E-state index is -0.504. The number of benzene rings is 1. The predicted octanol–water partition coefficient (Wildman–Crippen LogP) is 3.23. The van der Waals surface area contributed by atoms with Crippen molar-refractivity contribution >= 4 is 17.7 Å². The van der Waals surface area contributed by atoms with Gasteiger partial charge in [-0.3, -0.25) is 10.3 Å². The third-order valence-corrected chi connectivity index (χ3v) is 4.70. The fourth-order valence-corrected chi connectivity index (χ4v) is 3.24. The minimum absolute atomic E-state index is 0.439. The number of amides is 1. The van der Waals surface area contributed by atoms with Crippen LogP contribution in [-0.4, -0.2) is 62.3 Å². The molecule has 1 aromatic rings. The highest BCUT2D eigenvalue weighted by Crippen LogP contribution is 2.13. The van der Waals surface area contributed by atoms with Crippen molar-refractivity contribution in [2.24, 2.45) is 4.99 Å². The van der Waals surface area contributed by atoms with Crippen LogP contribution in [0.5, 0.6) is 0 Å². The lowest BCUT2D eigenvalue weighted by Crippen LogP contribution is -2.43. The van der Waals surface area contributed by atoms with Crippen molar-refractivity contribution in [1.29, 1.82) is 0 Å². The standard InChI is InChI=1S/C22H37N5O2/c1-22(2,3)29-21(28)26-19-10-8-18(9-11-19)12-13-24-20(23-4)25-14-17-27-15-6-5-7-16-27/h8-11H,5-7,12-17H2,1-4H3,(H,26,28)(H2,23,24,25). The van der Waals surface area contributed by atoms with E-state index in [0.29, 0.717) is 0 Å². The SMILES string of the molecule is CN=C(NCCc1ccc(NC(=O)OC(C)(C)C)cc1)NCCN1CCCCC1. The molecule has 1 aliphatic rings. The van der Waals surface area contributed by atoms with E-state index in [1.807, 2.05) is 45.0 Å². The molecule has 0 atom stereocenters. The molecule has 0 aliphatic carbocycles. The van der Waals surface area contributed by atoms with Crippen LogP contribution in [0.3, 0.4) is 0 Å². The number of rotatable bonds is 7. The molecule has 0 bridgehead atoms. The number of nitrogens with one attached hydrogen (secondary N) is 3. The van der Waals surface area contributed by atoms with Gasteiger partial charge < -0.3 is 20.3 Å². The van der Waals surface area contributed by atoms with E-state index in [2.05, 4.69) is 25.8 Å². The average molecular weight is 404 g/mol. The quantitative estimate of drug-likeness (QED) is 0.481. The van der Waals surface area contributed by atoms with Gasteiger partial charge in [0.2, 0.25) is 0 Å². The Morgan fingerprint density at radius 2 is 1.72 bits per heavy atom. The Bertz CT molecular complexity index is 646. The molecule has 1 heterocycles. The Balaban J connectivity index is 1.66. The monoisotopic (exact) mass is 403 g/mol. The molecule has 7 heteroatoms. The Labute approximate surface area is 175 Å². The number of ether oxygens (including phenoxy) is 1. The number of hydrogen-bond acceptors (Lipinski definition) is 4. The van der Waals surface area contributed by atoms with Gasteiger partial charge in [-0.15, -0.1) is 0 Å². The summed E-state index contributed by atoms with van der Waals surface area (Å²) in [5, 5.41) is 9.50. The molecule has 29 heavy (non-hydrogen) atoms. The zero-order valence-electron chi connectivity index (χ0n) is 18.4. The minimum Gasteiger partial charge on any atom is -0.444 e. The summed E-state index contributed by atoms with van der Waals surface area (Å²) < 4.78 is 5.26. The van der Waals surface area contributed by atoms with E-state index in [-0.39, 0.29) is 0 Å². The number of piperidine rings is 1. The number of nitrogens with zero attached hydrogens (tertiary/aromatic N) is 2. The Morgan fingerprint density at radius 1 is 1.07 bits per heavy atom. The summed E-state index contributed by atoms with van der Waals surface area (Å²) in [4.78, 5) is 18.6. The molecule has 1 saturated heterocycles. The maximum atomic E-state index is 11.8. The van der Waals surface area contributed by atoms with Gasteiger partial charge in [0, 0.05) is 32.4 Å². The van der Waals surface area contributed by atoms with Crippen molar-refractivity contribution in [3.05, 3.63) is 29.8 Å². The molecular weight excluding hydrogens is 366 g/mol. The van der Waals surface area contributed by atoms with Crippen molar-refractivity contribution in [1.82, 2.24) is 15.5 Å². The van der Waals surface area contributed by atoms with Crippen LogP contribution in [0.25, 0.3) is 0 Å². The van der Waals surface area contributed by atoms with Crippen LogP contribution >= 0.6 is 0 Å². The van der Waals surface area contributed by atoms with Crippen molar-refractivity contribution in [2.75, 3.05) is 45.1 Å². The first-order valence-electron chi connectivity index (χ1n) is 10.6. The van der Waals surface area contributed by atoms with E-state index in [4.69, 9.17) is 4.74 Å². The van der Waals surface area contributed by atoms with E-state index in [1.165, 1.54) is 37.9 Å². The second-order valence-corrected chi connectivity index (χ2v) is 8.40. The number of aliphatic imine (C=N–C) groups is 1. The molecule has 1 aliphatic heterocycles. The largest absolute Gasteiger partial charge is 0.444 e. The lowest BCUT2D eigenvalue weighted by atomic mass is 10.1. The van der Waals surface area contributed by atoms with E-state index in [1.54, 1.807) is 7.05 Å². The number of carbonyl (C=O) groups excluding carboxylic acids is 1. The molecule has 0 unspecified atom stereocenters. The van der Waals surface area contributed by atoms with Gasteiger partial charge in [0.25, 0.3) is 0 Å². The van der Waals surface area contributed by atoms with Gasteiger partial charge in [-0.2, -0.15) is 0 Å². The summed E-state index contributed by atoms with van der Waals surface area (Å²) in [5.74, 6) is 0.838. The average Bonchev–Trinajstić information content (AvgIpc) is 2.67. The highest BCUT2D eigenvalue weighted by Gasteiger charge is 2.16. The van der Waals surface area contributed by atoms with Crippen LogP contribution in [-0.2, 0) is 11.2 Å². The Kier molecular flexibility index (Phi) is 9.25. The molecule has 0 aromatic heterocycles. The highest BCUT2D eigenvalue weighted by atomic mass is 16.6. The first-order chi connectivity index (χ1) is 13.9. The van der Waals surface area contributed by atoms with Gasteiger partial charge in [0.1, 0.15) is 5.60 Å². The zero-order valence-corrected chi connectivity index (χ0v) is 18.4. The van der Waals surface area contributed by atoms with Crippen molar-refractivity contribution < 1.29 is 9.53 Å². The van der Waals surface area contributed by atoms with Crippen molar-refractivity contribution in [3.8, 4) is 0 Å². The maximum Gasteiger partial charge on any atom is 0.412 e. The molecule has 1 fully saturated rings. The Morgan fingerprint density at radius 3 is 2.34 bits per heavy atom. The molecule has 1 amide bonds. The zero-order chi connectivity index (χ0) is 21.1. The number of anilines is 1. The molecule has 162 valence electrons. The highest BCUT2D eigenvalue weighted by molar-refractivity contribution is 5.84.